The van der Waals surface area contributed by atoms with Crippen LogP contribution in [0.4, 0.5) is 0 Å². The van der Waals surface area contributed by atoms with Crippen molar-refractivity contribution in [2.75, 3.05) is 25.1 Å². The Morgan fingerprint density at radius 1 is 1.07 bits per heavy atom. The summed E-state index contributed by atoms with van der Waals surface area (Å²) in [6.45, 7) is 5.10. The van der Waals surface area contributed by atoms with E-state index in [1.165, 1.54) is 40.2 Å². The van der Waals surface area contributed by atoms with Gasteiger partial charge in [0.2, 0.25) is 0 Å². The first kappa shape index (κ1) is 16.1. The maximum absolute atomic E-state index is 4.80. The Labute approximate surface area is 103 Å². The molecule has 0 amide bonds. The number of hydrogen-bond acceptors (Lipinski definition) is 2. The van der Waals surface area contributed by atoms with Gasteiger partial charge in [-0.05, 0) is 36.7 Å². The zero-order valence-electron chi connectivity index (χ0n) is 9.67. The van der Waals surface area contributed by atoms with Gasteiger partial charge in [0.25, 0.3) is 0 Å². The lowest BCUT2D eigenvalue weighted by Gasteiger charge is -2.27. The van der Waals surface area contributed by atoms with Gasteiger partial charge in [-0.25, -0.2) is 9.56 Å². The minimum absolute atomic E-state index is 0. The Hall–Kier alpha value is 1.07. The van der Waals surface area contributed by atoms with Crippen molar-refractivity contribution in [1.82, 2.24) is 0 Å². The van der Waals surface area contributed by atoms with Crippen LogP contribution in [0.25, 0.3) is 0 Å². The summed E-state index contributed by atoms with van der Waals surface area (Å²) < 4.78 is 4.73. The first-order valence-corrected chi connectivity index (χ1v) is 7.96. The van der Waals surface area contributed by atoms with E-state index in [-0.39, 0.29) is 12.4 Å². The van der Waals surface area contributed by atoms with Crippen LogP contribution >= 0.6 is 29.8 Å². The topological polar surface area (TPSA) is 18.5 Å². The molecule has 0 aromatic carbocycles. The van der Waals surface area contributed by atoms with Crippen LogP contribution in [0, 0.1) is 5.41 Å². The van der Waals surface area contributed by atoms with Crippen molar-refractivity contribution < 1.29 is 9.56 Å². The summed E-state index contributed by atoms with van der Waals surface area (Å²) in [7, 11) is 1.83. The van der Waals surface area contributed by atoms with Crippen molar-refractivity contribution in [2.24, 2.45) is 5.41 Å². The van der Waals surface area contributed by atoms with E-state index in [0.29, 0.717) is 14.2 Å². The van der Waals surface area contributed by atoms with Crippen molar-refractivity contribution in [1.29, 1.82) is 0 Å². The number of rotatable bonds is 0. The monoisotopic (exact) mass is 272 g/mol. The van der Waals surface area contributed by atoms with E-state index in [1.807, 2.05) is 0 Å². The molecule has 0 bridgehead atoms. The van der Waals surface area contributed by atoms with Crippen molar-refractivity contribution in [2.45, 2.75) is 33.1 Å². The molecule has 0 spiro atoms. The van der Waals surface area contributed by atoms with Crippen molar-refractivity contribution >= 4 is 29.8 Å². The Kier molecular flexibility index (Phi) is 9.79. The minimum Gasteiger partial charge on any atom is -0.233 e. The van der Waals surface area contributed by atoms with Gasteiger partial charge in [0.1, 0.15) is 0 Å². The maximum Gasteiger partial charge on any atom is 0.0880 e. The molecule has 2 saturated heterocycles. The summed E-state index contributed by atoms with van der Waals surface area (Å²) in [5.74, 6) is 0. The van der Waals surface area contributed by atoms with E-state index in [2.05, 4.69) is 13.8 Å². The van der Waals surface area contributed by atoms with E-state index in [4.69, 9.17) is 9.56 Å². The van der Waals surface area contributed by atoms with E-state index >= 15 is 0 Å². The van der Waals surface area contributed by atoms with Gasteiger partial charge in [-0.15, -0.1) is 21.0 Å². The first-order chi connectivity index (χ1) is 6.71. The van der Waals surface area contributed by atoms with Crippen molar-refractivity contribution in [3.8, 4) is 0 Å². The first-order valence-electron chi connectivity index (χ1n) is 5.43. The molecule has 2 nitrogen and oxygen atoms in total. The number of halogens is 1. The minimum atomic E-state index is 0. The predicted molar refractivity (Wildman–Crippen MR) is 73.1 cm³/mol. The van der Waals surface area contributed by atoms with Gasteiger partial charge >= 0.3 is 0 Å². The molecule has 0 aromatic heterocycles. The molecule has 0 aromatic rings. The highest BCUT2D eigenvalue weighted by Gasteiger charge is 2.22. The van der Waals surface area contributed by atoms with E-state index in [1.54, 1.807) is 0 Å². The molecule has 0 radical (unpaired) electrons. The molecule has 2 rings (SSSR count). The molecule has 5 heteroatoms. The molecule has 2 aliphatic rings. The molecule has 1 unspecified atom stereocenters. The fraction of sp³-hybridized carbons (Fsp3) is 1.00. The van der Waals surface area contributed by atoms with Crippen LogP contribution in [0.3, 0.4) is 0 Å². The van der Waals surface area contributed by atoms with Crippen LogP contribution in [-0.2, 0) is 9.56 Å². The molecule has 2 heterocycles. The second-order valence-electron chi connectivity index (χ2n) is 4.64. The molecule has 92 valence electrons. The maximum atomic E-state index is 4.80. The van der Waals surface area contributed by atoms with E-state index in [9.17, 15) is 0 Å². The highest BCUT2D eigenvalue weighted by Crippen LogP contribution is 2.32. The van der Waals surface area contributed by atoms with Gasteiger partial charge in [0, 0.05) is 0 Å². The Bertz CT molecular complexity index is 133. The highest BCUT2D eigenvalue weighted by atomic mass is 35.5. The van der Waals surface area contributed by atoms with Gasteiger partial charge in [-0.3, -0.25) is 0 Å². The lowest BCUT2D eigenvalue weighted by Crippen LogP contribution is -2.24. The average molecular weight is 273 g/mol. The zero-order valence-corrected chi connectivity index (χ0v) is 12.5. The predicted octanol–water partition coefficient (Wildman–Crippen LogP) is 3.84. The largest absolute Gasteiger partial charge is 0.233 e. The quantitative estimate of drug-likeness (QED) is 0.493. The number of hydrogen-bond donors (Lipinski definition) is 0. The average Bonchev–Trinajstić information content (AvgIpc) is 2.21. The van der Waals surface area contributed by atoms with Crippen molar-refractivity contribution in [3.05, 3.63) is 0 Å². The summed E-state index contributed by atoms with van der Waals surface area (Å²) in [6.07, 6.45) is 8.72. The third kappa shape index (κ3) is 8.83. The van der Waals surface area contributed by atoms with Crippen LogP contribution in [0.5, 0.6) is 0 Å². The molecular weight excluding hydrogens is 250 g/mol. The molecule has 0 aliphatic carbocycles. The Balaban J connectivity index is 0.000000253. The molecule has 2 fully saturated rings. The van der Waals surface area contributed by atoms with Crippen LogP contribution in [-0.4, -0.2) is 25.1 Å². The smallest absolute Gasteiger partial charge is 0.0880 e. The zero-order chi connectivity index (χ0) is 10.3. The summed E-state index contributed by atoms with van der Waals surface area (Å²) in [6, 6.07) is 0. The van der Waals surface area contributed by atoms with Crippen LogP contribution < -0.4 is 0 Å². The highest BCUT2D eigenvalue weighted by molar-refractivity contribution is 7.38. The summed E-state index contributed by atoms with van der Waals surface area (Å²) in [4.78, 5) is 4.80. The van der Waals surface area contributed by atoms with E-state index in [0.717, 1.165) is 12.8 Å². The van der Waals surface area contributed by atoms with Crippen molar-refractivity contribution in [3.63, 3.8) is 0 Å². The fourth-order valence-corrected chi connectivity index (χ4v) is 3.25. The third-order valence-corrected chi connectivity index (χ3v) is 5.08. The SMILES string of the molecule is C1CCPCC1.CC1(C)COOPC1.Cl. The standard InChI is InChI=1S/C5H11O2P.C5H11P.ClH/c1-5(2)3-6-7-8-4-5;1-2-4-6-5-3-1;/h8H,3-4H2,1-2H3;6H,1-5H2;1H. The molecule has 15 heavy (non-hydrogen) atoms. The third-order valence-electron chi connectivity index (χ3n) is 2.33. The normalized spacial score (nSPS) is 26.0. The van der Waals surface area contributed by atoms with Crippen LogP contribution in [0.1, 0.15) is 33.1 Å². The second-order valence-corrected chi connectivity index (χ2v) is 6.95. The fourth-order valence-electron chi connectivity index (χ4n) is 1.31. The molecular formula is C10H23ClO2P2. The van der Waals surface area contributed by atoms with Crippen LogP contribution in [0.15, 0.2) is 0 Å². The lowest BCUT2D eigenvalue weighted by atomic mass is 9.98. The Morgan fingerprint density at radius 2 is 1.73 bits per heavy atom. The summed E-state index contributed by atoms with van der Waals surface area (Å²) in [5.41, 5.74) is 0.344. The van der Waals surface area contributed by atoms with Gasteiger partial charge < -0.3 is 0 Å². The van der Waals surface area contributed by atoms with Gasteiger partial charge in [0.15, 0.2) is 0 Å². The van der Waals surface area contributed by atoms with Gasteiger partial charge in [0.05, 0.1) is 15.4 Å². The lowest BCUT2D eigenvalue weighted by molar-refractivity contribution is -0.225. The molecule has 0 saturated carbocycles. The summed E-state index contributed by atoms with van der Waals surface area (Å²) in [5, 5.41) is 0. The van der Waals surface area contributed by atoms with Crippen LogP contribution in [0.2, 0.25) is 0 Å². The second kappa shape index (κ2) is 9.14. The molecule has 1 atom stereocenters. The summed E-state index contributed by atoms with van der Waals surface area (Å²) >= 11 is 0. The van der Waals surface area contributed by atoms with E-state index < -0.39 is 0 Å². The van der Waals surface area contributed by atoms with Gasteiger partial charge in [-0.1, -0.05) is 20.3 Å². The van der Waals surface area contributed by atoms with Gasteiger partial charge in [-0.2, -0.15) is 0 Å². The molecule has 2 aliphatic heterocycles. The molecule has 0 N–H and O–H groups in total. The Morgan fingerprint density at radius 3 is 1.93 bits per heavy atom.